The molecule has 6 heteroatoms. The van der Waals surface area contributed by atoms with Crippen molar-refractivity contribution in [3.63, 3.8) is 0 Å². The molecule has 1 N–H and O–H groups in total. The average Bonchev–Trinajstić information content (AvgIpc) is 2.63. The lowest BCUT2D eigenvalue weighted by Gasteiger charge is -2.16. The summed E-state index contributed by atoms with van der Waals surface area (Å²) in [7, 11) is 1.28. The van der Waals surface area contributed by atoms with E-state index in [1.54, 1.807) is 48.8 Å². The quantitative estimate of drug-likeness (QED) is 0.742. The number of para-hydroxylation sites is 1. The summed E-state index contributed by atoms with van der Waals surface area (Å²) in [6.45, 7) is 0. The summed E-state index contributed by atoms with van der Waals surface area (Å²) in [5, 5.41) is 10.6. The second kappa shape index (κ2) is 6.54. The van der Waals surface area contributed by atoms with Crippen molar-refractivity contribution in [2.75, 3.05) is 7.11 Å². The first kappa shape index (κ1) is 15.7. The number of aromatic hydroxyl groups is 1. The molecule has 6 nitrogen and oxygen atoms in total. The summed E-state index contributed by atoms with van der Waals surface area (Å²) in [6, 6.07) is 10.0. The van der Waals surface area contributed by atoms with Gasteiger partial charge in [0.05, 0.1) is 24.8 Å². The number of esters is 1. The third-order valence-electron chi connectivity index (χ3n) is 3.82. The van der Waals surface area contributed by atoms with Crippen molar-refractivity contribution < 1.29 is 19.1 Å². The Bertz CT molecular complexity index is 933. The Morgan fingerprint density at radius 2 is 1.96 bits per heavy atom. The van der Waals surface area contributed by atoms with Crippen LogP contribution in [-0.2, 0) is 9.53 Å². The lowest BCUT2D eigenvalue weighted by molar-refractivity contribution is -0.140. The number of hydrogen-bond acceptors (Lipinski definition) is 6. The molecule has 3 aromatic rings. The van der Waals surface area contributed by atoms with Gasteiger partial charge in [0.2, 0.25) is 11.2 Å². The van der Waals surface area contributed by atoms with E-state index >= 15 is 0 Å². The van der Waals surface area contributed by atoms with Gasteiger partial charge in [-0.1, -0.05) is 12.1 Å². The minimum atomic E-state index is -0.655. The first-order valence-corrected chi connectivity index (χ1v) is 7.33. The van der Waals surface area contributed by atoms with Crippen LogP contribution in [-0.4, -0.2) is 23.2 Å². The molecule has 0 amide bonds. The zero-order valence-corrected chi connectivity index (χ0v) is 12.9. The number of aromatic nitrogens is 1. The van der Waals surface area contributed by atoms with Gasteiger partial charge in [0.1, 0.15) is 5.58 Å². The van der Waals surface area contributed by atoms with Gasteiger partial charge in [0.25, 0.3) is 0 Å². The van der Waals surface area contributed by atoms with Gasteiger partial charge in [-0.15, -0.1) is 0 Å². The molecule has 3 rings (SSSR count). The van der Waals surface area contributed by atoms with Gasteiger partial charge < -0.3 is 14.3 Å². The first-order valence-electron chi connectivity index (χ1n) is 7.33. The zero-order valence-electron chi connectivity index (χ0n) is 12.9. The molecular weight excluding hydrogens is 310 g/mol. The lowest BCUT2D eigenvalue weighted by Crippen LogP contribution is -2.13. The van der Waals surface area contributed by atoms with Crippen molar-refractivity contribution in [2.45, 2.75) is 12.3 Å². The predicted molar refractivity (Wildman–Crippen MR) is 86.9 cm³/mol. The molecule has 0 fully saturated rings. The monoisotopic (exact) mass is 325 g/mol. The van der Waals surface area contributed by atoms with E-state index in [0.717, 1.165) is 0 Å². The fourth-order valence-corrected chi connectivity index (χ4v) is 2.59. The molecule has 2 heterocycles. The SMILES string of the molecule is COC(=O)CC(c1ccncc1)c1oc2ccccc2c(=O)c1O. The largest absolute Gasteiger partial charge is 0.502 e. The summed E-state index contributed by atoms with van der Waals surface area (Å²) in [4.78, 5) is 28.1. The molecule has 1 atom stereocenters. The molecule has 0 spiro atoms. The Morgan fingerprint density at radius 1 is 1.25 bits per heavy atom. The smallest absolute Gasteiger partial charge is 0.306 e. The molecule has 0 saturated heterocycles. The minimum absolute atomic E-state index is 0.0373. The number of fused-ring (bicyclic) bond motifs is 1. The van der Waals surface area contributed by atoms with Crippen LogP contribution < -0.4 is 5.43 Å². The molecule has 1 aromatic carbocycles. The van der Waals surface area contributed by atoms with Gasteiger partial charge in [-0.25, -0.2) is 0 Å². The number of methoxy groups -OCH3 is 1. The third-order valence-corrected chi connectivity index (χ3v) is 3.82. The van der Waals surface area contributed by atoms with Crippen LogP contribution in [0.4, 0.5) is 0 Å². The van der Waals surface area contributed by atoms with Crippen molar-refractivity contribution >= 4 is 16.9 Å². The van der Waals surface area contributed by atoms with E-state index in [1.165, 1.54) is 7.11 Å². The fourth-order valence-electron chi connectivity index (χ4n) is 2.59. The maximum Gasteiger partial charge on any atom is 0.306 e. The molecule has 0 radical (unpaired) electrons. The van der Waals surface area contributed by atoms with Crippen LogP contribution >= 0.6 is 0 Å². The highest BCUT2D eigenvalue weighted by Gasteiger charge is 2.26. The number of hydrogen-bond donors (Lipinski definition) is 1. The van der Waals surface area contributed by atoms with Gasteiger partial charge in [-0.3, -0.25) is 14.6 Å². The Morgan fingerprint density at radius 3 is 2.67 bits per heavy atom. The highest BCUT2D eigenvalue weighted by Crippen LogP contribution is 2.34. The number of rotatable bonds is 4. The molecule has 122 valence electrons. The Balaban J connectivity index is 2.21. The zero-order chi connectivity index (χ0) is 17.1. The molecule has 1 unspecified atom stereocenters. The summed E-state index contributed by atoms with van der Waals surface area (Å²) in [6.07, 6.45) is 3.06. The molecule has 0 aliphatic rings. The van der Waals surface area contributed by atoms with E-state index in [9.17, 15) is 14.7 Å². The van der Waals surface area contributed by atoms with Gasteiger partial charge in [-0.2, -0.15) is 0 Å². The van der Waals surface area contributed by atoms with Gasteiger partial charge in [0.15, 0.2) is 5.76 Å². The van der Waals surface area contributed by atoms with Gasteiger partial charge in [0, 0.05) is 12.4 Å². The van der Waals surface area contributed by atoms with E-state index < -0.39 is 23.1 Å². The molecule has 0 bridgehead atoms. The molecular formula is C18H15NO5. The van der Waals surface area contributed by atoms with Crippen molar-refractivity contribution in [1.29, 1.82) is 0 Å². The summed E-state index contributed by atoms with van der Waals surface area (Å²) in [5.41, 5.74) is 0.499. The van der Waals surface area contributed by atoms with Crippen LogP contribution in [0.3, 0.4) is 0 Å². The topological polar surface area (TPSA) is 89.6 Å². The third kappa shape index (κ3) is 2.86. The van der Waals surface area contributed by atoms with E-state index in [2.05, 4.69) is 4.98 Å². The second-order valence-corrected chi connectivity index (χ2v) is 5.25. The number of carbonyl (C=O) groups excluding carboxylic acids is 1. The normalized spacial score (nSPS) is 12.0. The highest BCUT2D eigenvalue weighted by atomic mass is 16.5. The van der Waals surface area contributed by atoms with Gasteiger partial charge >= 0.3 is 5.97 Å². The van der Waals surface area contributed by atoms with Crippen molar-refractivity contribution in [1.82, 2.24) is 4.98 Å². The maximum absolute atomic E-state index is 12.4. The predicted octanol–water partition coefficient (Wildman–Crippen LogP) is 2.59. The van der Waals surface area contributed by atoms with Crippen molar-refractivity contribution in [2.24, 2.45) is 0 Å². The van der Waals surface area contributed by atoms with Gasteiger partial charge in [-0.05, 0) is 29.8 Å². The maximum atomic E-state index is 12.4. The van der Waals surface area contributed by atoms with Crippen LogP contribution in [0.1, 0.15) is 23.7 Å². The first-order chi connectivity index (χ1) is 11.6. The summed E-state index contributed by atoms with van der Waals surface area (Å²) in [5.74, 6) is -1.60. The molecule has 0 aliphatic carbocycles. The van der Waals surface area contributed by atoms with Crippen LogP contribution in [0.5, 0.6) is 5.75 Å². The molecule has 0 aliphatic heterocycles. The van der Waals surface area contributed by atoms with Crippen molar-refractivity contribution in [3.8, 4) is 5.75 Å². The number of benzene rings is 1. The lowest BCUT2D eigenvalue weighted by atomic mass is 9.93. The fraction of sp³-hybridized carbons (Fsp3) is 0.167. The second-order valence-electron chi connectivity index (χ2n) is 5.25. The van der Waals surface area contributed by atoms with E-state index in [4.69, 9.17) is 9.15 Å². The molecule has 0 saturated carbocycles. The Labute approximate surface area is 137 Å². The Hall–Kier alpha value is -3.15. The number of nitrogens with zero attached hydrogens (tertiary/aromatic N) is 1. The molecule has 24 heavy (non-hydrogen) atoms. The number of ether oxygens (including phenoxy) is 1. The number of carbonyl (C=O) groups is 1. The van der Waals surface area contributed by atoms with Crippen LogP contribution in [0, 0.1) is 0 Å². The van der Waals surface area contributed by atoms with Crippen LogP contribution in [0.25, 0.3) is 11.0 Å². The highest BCUT2D eigenvalue weighted by molar-refractivity contribution is 5.78. The van der Waals surface area contributed by atoms with E-state index in [1.807, 2.05) is 0 Å². The van der Waals surface area contributed by atoms with E-state index in [-0.39, 0.29) is 17.6 Å². The summed E-state index contributed by atoms with van der Waals surface area (Å²) >= 11 is 0. The average molecular weight is 325 g/mol. The van der Waals surface area contributed by atoms with Crippen molar-refractivity contribution in [3.05, 3.63) is 70.3 Å². The number of pyridine rings is 1. The standard InChI is InChI=1S/C18H15NO5/c1-23-15(20)10-13(11-6-8-19-9-7-11)18-17(22)16(21)12-4-2-3-5-14(12)24-18/h2-9,13,22H,10H2,1H3. The van der Waals surface area contributed by atoms with Crippen LogP contribution in [0.15, 0.2) is 58.0 Å². The van der Waals surface area contributed by atoms with Crippen LogP contribution in [0.2, 0.25) is 0 Å². The Kier molecular flexibility index (Phi) is 4.29. The summed E-state index contributed by atoms with van der Waals surface area (Å²) < 4.78 is 10.5. The minimum Gasteiger partial charge on any atom is -0.502 e. The van der Waals surface area contributed by atoms with E-state index in [0.29, 0.717) is 11.1 Å². The molecule has 2 aromatic heterocycles.